The lowest BCUT2D eigenvalue weighted by Gasteiger charge is -2.24. The van der Waals surface area contributed by atoms with E-state index in [0.717, 1.165) is 10.0 Å². The van der Waals surface area contributed by atoms with Gasteiger partial charge in [-0.2, -0.15) is 0 Å². The maximum Gasteiger partial charge on any atom is 0.333 e. The number of oxazole rings is 1. The number of ether oxygens (including phenoxy) is 1. The maximum absolute atomic E-state index is 12.2. The summed E-state index contributed by atoms with van der Waals surface area (Å²) in [7, 11) is 1.30. The summed E-state index contributed by atoms with van der Waals surface area (Å²) in [6.45, 7) is 5.79. The molecule has 0 aliphatic rings. The van der Waals surface area contributed by atoms with Crippen molar-refractivity contribution >= 4 is 38.7 Å². The lowest BCUT2D eigenvalue weighted by molar-refractivity contribution is -0.384. The van der Waals surface area contributed by atoms with Gasteiger partial charge in [0.2, 0.25) is 0 Å². The standard InChI is InChI=1S/C20H17BrN2O5/c1-11(19-22-16-9-8-13(23(25)26)10-17(16)28-19)18(12(2)20(24)27-3)14-6-4-5-7-15(14)21/h4-11,18H,2H2,1,3H3/t11-,18-/m0/s1. The number of rotatable bonds is 6. The topological polar surface area (TPSA) is 95.5 Å². The Morgan fingerprint density at radius 3 is 2.68 bits per heavy atom. The Morgan fingerprint density at radius 2 is 2.04 bits per heavy atom. The number of hydrogen-bond donors (Lipinski definition) is 0. The Hall–Kier alpha value is -3.00. The minimum atomic E-state index is -0.528. The first-order valence-electron chi connectivity index (χ1n) is 8.40. The van der Waals surface area contributed by atoms with Crippen molar-refractivity contribution in [1.29, 1.82) is 0 Å². The van der Waals surface area contributed by atoms with Crippen molar-refractivity contribution in [2.45, 2.75) is 18.8 Å². The zero-order valence-electron chi connectivity index (χ0n) is 15.2. The van der Waals surface area contributed by atoms with Gasteiger partial charge in [-0.05, 0) is 17.7 Å². The fourth-order valence-electron chi connectivity index (χ4n) is 3.13. The van der Waals surface area contributed by atoms with E-state index in [1.165, 1.54) is 25.3 Å². The Balaban J connectivity index is 2.08. The van der Waals surface area contributed by atoms with Crippen LogP contribution in [0, 0.1) is 10.1 Å². The number of nitro groups is 1. The van der Waals surface area contributed by atoms with Gasteiger partial charge in [-0.15, -0.1) is 0 Å². The molecule has 0 saturated carbocycles. The van der Waals surface area contributed by atoms with Gasteiger partial charge >= 0.3 is 5.97 Å². The van der Waals surface area contributed by atoms with Crippen molar-refractivity contribution in [3.05, 3.63) is 80.7 Å². The van der Waals surface area contributed by atoms with Crippen molar-refractivity contribution in [3.8, 4) is 0 Å². The molecule has 0 fully saturated rings. The number of fused-ring (bicyclic) bond motifs is 1. The molecular formula is C20H17BrN2O5. The lowest BCUT2D eigenvalue weighted by atomic mass is 9.81. The molecule has 7 nitrogen and oxygen atoms in total. The van der Waals surface area contributed by atoms with Crippen molar-refractivity contribution in [2.75, 3.05) is 7.11 Å². The van der Waals surface area contributed by atoms with Crippen LogP contribution in [-0.4, -0.2) is 23.0 Å². The van der Waals surface area contributed by atoms with E-state index < -0.39 is 16.8 Å². The van der Waals surface area contributed by atoms with Gasteiger partial charge in [-0.1, -0.05) is 47.6 Å². The van der Waals surface area contributed by atoms with E-state index in [0.29, 0.717) is 17.0 Å². The molecule has 0 aliphatic carbocycles. The van der Waals surface area contributed by atoms with E-state index in [2.05, 4.69) is 27.5 Å². The summed E-state index contributed by atoms with van der Waals surface area (Å²) >= 11 is 3.52. The highest BCUT2D eigenvalue weighted by atomic mass is 79.9. The third-order valence-electron chi connectivity index (χ3n) is 4.55. The average Bonchev–Trinajstić information content (AvgIpc) is 3.12. The van der Waals surface area contributed by atoms with Crippen LogP contribution in [0.4, 0.5) is 5.69 Å². The largest absolute Gasteiger partial charge is 0.466 e. The number of benzene rings is 2. The second-order valence-corrected chi connectivity index (χ2v) is 7.12. The smallest absolute Gasteiger partial charge is 0.333 e. The maximum atomic E-state index is 12.2. The van der Waals surface area contributed by atoms with E-state index in [1.807, 2.05) is 31.2 Å². The number of methoxy groups -OCH3 is 1. The molecule has 1 heterocycles. The van der Waals surface area contributed by atoms with Gasteiger partial charge in [-0.25, -0.2) is 9.78 Å². The Kier molecular flexibility index (Phi) is 5.60. The van der Waals surface area contributed by atoms with E-state index in [-0.39, 0.29) is 17.2 Å². The number of nitro benzene ring substituents is 1. The molecule has 2 atom stereocenters. The van der Waals surface area contributed by atoms with Crippen LogP contribution in [0.5, 0.6) is 0 Å². The third kappa shape index (κ3) is 3.68. The summed E-state index contributed by atoms with van der Waals surface area (Å²) in [4.78, 5) is 27.2. The third-order valence-corrected chi connectivity index (χ3v) is 5.27. The van der Waals surface area contributed by atoms with Crippen molar-refractivity contribution < 1.29 is 18.9 Å². The van der Waals surface area contributed by atoms with Gasteiger partial charge in [0.25, 0.3) is 5.69 Å². The van der Waals surface area contributed by atoms with Gasteiger partial charge in [0.15, 0.2) is 11.5 Å². The summed E-state index contributed by atoms with van der Waals surface area (Å²) in [5, 5.41) is 11.0. The molecule has 0 amide bonds. The average molecular weight is 445 g/mol. The molecule has 0 saturated heterocycles. The quantitative estimate of drug-likeness (QED) is 0.226. The van der Waals surface area contributed by atoms with Crippen molar-refractivity contribution in [3.63, 3.8) is 0 Å². The highest BCUT2D eigenvalue weighted by Crippen LogP contribution is 2.41. The van der Waals surface area contributed by atoms with Gasteiger partial charge < -0.3 is 9.15 Å². The van der Waals surface area contributed by atoms with Gasteiger partial charge in [0.05, 0.1) is 18.1 Å². The van der Waals surface area contributed by atoms with E-state index in [1.54, 1.807) is 0 Å². The monoisotopic (exact) mass is 444 g/mol. The first-order chi connectivity index (χ1) is 13.3. The van der Waals surface area contributed by atoms with E-state index >= 15 is 0 Å². The van der Waals surface area contributed by atoms with Crippen LogP contribution in [0.15, 0.2) is 63.5 Å². The van der Waals surface area contributed by atoms with E-state index in [9.17, 15) is 14.9 Å². The molecular weight excluding hydrogens is 428 g/mol. The van der Waals surface area contributed by atoms with Crippen molar-refractivity contribution in [1.82, 2.24) is 4.98 Å². The minimum absolute atomic E-state index is 0.0795. The molecule has 28 heavy (non-hydrogen) atoms. The molecule has 0 bridgehead atoms. The predicted octanol–water partition coefficient (Wildman–Crippen LogP) is 5.12. The minimum Gasteiger partial charge on any atom is -0.466 e. The molecule has 1 aromatic heterocycles. The molecule has 0 spiro atoms. The number of carbonyl (C=O) groups is 1. The Labute approximate surface area is 169 Å². The molecule has 0 N–H and O–H groups in total. The summed E-state index contributed by atoms with van der Waals surface area (Å²) < 4.78 is 11.5. The Bertz CT molecular complexity index is 1080. The predicted molar refractivity (Wildman–Crippen MR) is 107 cm³/mol. The number of halogens is 1. The molecule has 144 valence electrons. The lowest BCUT2D eigenvalue weighted by Crippen LogP contribution is -2.18. The molecule has 3 aromatic rings. The number of carbonyl (C=O) groups excluding carboxylic acids is 1. The van der Waals surface area contributed by atoms with Crippen LogP contribution in [-0.2, 0) is 9.53 Å². The van der Waals surface area contributed by atoms with Crippen LogP contribution >= 0.6 is 15.9 Å². The second kappa shape index (κ2) is 7.93. The molecule has 2 aromatic carbocycles. The first kappa shape index (κ1) is 19.8. The molecule has 0 radical (unpaired) electrons. The van der Waals surface area contributed by atoms with Gasteiger partial charge in [-0.3, -0.25) is 10.1 Å². The highest BCUT2D eigenvalue weighted by Gasteiger charge is 2.32. The zero-order valence-corrected chi connectivity index (χ0v) is 16.8. The van der Waals surface area contributed by atoms with Crippen LogP contribution in [0.25, 0.3) is 11.1 Å². The van der Waals surface area contributed by atoms with Crippen LogP contribution in [0.2, 0.25) is 0 Å². The number of nitrogens with zero attached hydrogens (tertiary/aromatic N) is 2. The highest BCUT2D eigenvalue weighted by molar-refractivity contribution is 9.10. The molecule has 8 heteroatoms. The van der Waals surface area contributed by atoms with E-state index in [4.69, 9.17) is 9.15 Å². The van der Waals surface area contributed by atoms with Crippen LogP contribution in [0.1, 0.15) is 30.2 Å². The van der Waals surface area contributed by atoms with Crippen LogP contribution < -0.4 is 0 Å². The fourth-order valence-corrected chi connectivity index (χ4v) is 3.66. The Morgan fingerprint density at radius 1 is 1.32 bits per heavy atom. The molecule has 0 unspecified atom stereocenters. The van der Waals surface area contributed by atoms with Gasteiger partial charge in [0, 0.05) is 27.9 Å². The SMILES string of the molecule is C=C(C(=O)OC)[C@@H](c1ccccc1Br)[C@H](C)c1nc2ccc([N+](=O)[O-])cc2o1. The molecule has 0 aliphatic heterocycles. The zero-order chi connectivity index (χ0) is 20.4. The number of esters is 1. The van der Waals surface area contributed by atoms with Crippen LogP contribution in [0.3, 0.4) is 0 Å². The first-order valence-corrected chi connectivity index (χ1v) is 9.19. The summed E-state index contributed by atoms with van der Waals surface area (Å²) in [5.74, 6) is -1.02. The molecule has 3 rings (SSSR count). The van der Waals surface area contributed by atoms with Gasteiger partial charge in [0.1, 0.15) is 5.52 Å². The van der Waals surface area contributed by atoms with Crippen molar-refractivity contribution in [2.24, 2.45) is 0 Å². The summed E-state index contributed by atoms with van der Waals surface area (Å²) in [6, 6.07) is 11.7. The normalized spacial score (nSPS) is 13.1. The summed E-state index contributed by atoms with van der Waals surface area (Å²) in [5.41, 5.74) is 1.82. The summed E-state index contributed by atoms with van der Waals surface area (Å²) in [6.07, 6.45) is 0. The second-order valence-electron chi connectivity index (χ2n) is 6.27. The number of aromatic nitrogens is 1. The fraction of sp³-hybridized carbons (Fsp3) is 0.200. The number of hydrogen-bond acceptors (Lipinski definition) is 6. The number of non-ortho nitro benzene ring substituents is 1.